The van der Waals surface area contributed by atoms with Crippen LogP contribution in [-0.4, -0.2) is 32.2 Å². The lowest BCUT2D eigenvalue weighted by Crippen LogP contribution is -2.05. The van der Waals surface area contributed by atoms with Gasteiger partial charge in [0.1, 0.15) is 17.7 Å². The predicted molar refractivity (Wildman–Crippen MR) is 97.2 cm³/mol. The number of rotatable bonds is 5. The highest BCUT2D eigenvalue weighted by atomic mass is 16.5. The first-order valence-corrected chi connectivity index (χ1v) is 8.64. The molecule has 0 fully saturated rings. The number of ether oxygens (including phenoxy) is 1. The normalized spacial score (nSPS) is 15.7. The molecule has 0 saturated carbocycles. The monoisotopic (exact) mass is 335 g/mol. The molecule has 1 N–H and O–H groups in total. The highest BCUT2D eigenvalue weighted by molar-refractivity contribution is 5.58. The van der Waals surface area contributed by atoms with Gasteiger partial charge in [-0.25, -0.2) is 15.0 Å². The molecule has 0 radical (unpaired) electrons. The number of anilines is 1. The van der Waals surface area contributed by atoms with Crippen LogP contribution in [0.15, 0.2) is 43.0 Å². The molecule has 1 aromatic carbocycles. The van der Waals surface area contributed by atoms with E-state index in [9.17, 15) is 0 Å². The molecule has 0 spiro atoms. The molecule has 6 heteroatoms. The molecule has 3 heterocycles. The maximum atomic E-state index is 5.79. The van der Waals surface area contributed by atoms with Crippen molar-refractivity contribution in [3.8, 4) is 22.8 Å². The van der Waals surface area contributed by atoms with Crippen molar-refractivity contribution >= 4 is 5.95 Å². The molecule has 25 heavy (non-hydrogen) atoms. The number of hydrogen-bond donors (Lipinski definition) is 1. The van der Waals surface area contributed by atoms with Crippen LogP contribution in [0.1, 0.15) is 25.8 Å². The minimum Gasteiger partial charge on any atom is -0.490 e. The SMILES string of the molecule is CCCNc1ncc(-c2nccn2-c2ccc3c(c2)CC(C)O3)cn1. The third-order valence-electron chi connectivity index (χ3n) is 4.24. The first-order valence-electron chi connectivity index (χ1n) is 8.64. The number of aromatic nitrogens is 4. The first-order chi connectivity index (χ1) is 12.2. The van der Waals surface area contributed by atoms with Gasteiger partial charge in [-0.2, -0.15) is 0 Å². The molecular formula is C19H21N5O. The highest BCUT2D eigenvalue weighted by Crippen LogP contribution is 2.31. The Kier molecular flexibility index (Phi) is 4.09. The van der Waals surface area contributed by atoms with Crippen LogP contribution < -0.4 is 10.1 Å². The average Bonchev–Trinajstić information content (AvgIpc) is 3.25. The van der Waals surface area contributed by atoms with E-state index in [4.69, 9.17) is 4.74 Å². The van der Waals surface area contributed by atoms with Crippen molar-refractivity contribution in [2.75, 3.05) is 11.9 Å². The Morgan fingerprint density at radius 3 is 2.88 bits per heavy atom. The van der Waals surface area contributed by atoms with Gasteiger partial charge in [-0.3, -0.25) is 4.57 Å². The van der Waals surface area contributed by atoms with Crippen LogP contribution in [-0.2, 0) is 6.42 Å². The van der Waals surface area contributed by atoms with E-state index >= 15 is 0 Å². The molecule has 1 aliphatic heterocycles. The minimum atomic E-state index is 0.240. The molecule has 0 aliphatic carbocycles. The van der Waals surface area contributed by atoms with Gasteiger partial charge in [-0.15, -0.1) is 0 Å². The summed E-state index contributed by atoms with van der Waals surface area (Å²) in [7, 11) is 0. The van der Waals surface area contributed by atoms with Crippen molar-refractivity contribution < 1.29 is 4.74 Å². The maximum absolute atomic E-state index is 5.79. The fourth-order valence-electron chi connectivity index (χ4n) is 3.06. The fourth-order valence-corrected chi connectivity index (χ4v) is 3.06. The Labute approximate surface area is 146 Å². The Bertz CT molecular complexity index is 872. The summed E-state index contributed by atoms with van der Waals surface area (Å²) < 4.78 is 7.84. The summed E-state index contributed by atoms with van der Waals surface area (Å²) in [5.74, 6) is 2.45. The lowest BCUT2D eigenvalue weighted by Gasteiger charge is -2.10. The lowest BCUT2D eigenvalue weighted by molar-refractivity contribution is 0.254. The summed E-state index contributed by atoms with van der Waals surface area (Å²) >= 11 is 0. The van der Waals surface area contributed by atoms with E-state index in [1.54, 1.807) is 6.20 Å². The smallest absolute Gasteiger partial charge is 0.222 e. The number of nitrogens with one attached hydrogen (secondary N) is 1. The summed E-state index contributed by atoms with van der Waals surface area (Å²) in [6.07, 6.45) is 9.59. The third kappa shape index (κ3) is 3.07. The maximum Gasteiger partial charge on any atom is 0.222 e. The summed E-state index contributed by atoms with van der Waals surface area (Å²) in [6, 6.07) is 6.26. The molecule has 128 valence electrons. The van der Waals surface area contributed by atoms with E-state index in [2.05, 4.69) is 50.8 Å². The minimum absolute atomic E-state index is 0.240. The molecule has 0 bridgehead atoms. The molecule has 0 amide bonds. The average molecular weight is 335 g/mol. The zero-order valence-corrected chi connectivity index (χ0v) is 14.4. The second-order valence-electron chi connectivity index (χ2n) is 6.27. The Balaban J connectivity index is 1.64. The second-order valence-corrected chi connectivity index (χ2v) is 6.27. The highest BCUT2D eigenvalue weighted by Gasteiger charge is 2.20. The van der Waals surface area contributed by atoms with Crippen LogP contribution in [0.25, 0.3) is 17.1 Å². The summed E-state index contributed by atoms with van der Waals surface area (Å²) in [4.78, 5) is 13.3. The van der Waals surface area contributed by atoms with E-state index < -0.39 is 0 Å². The number of hydrogen-bond acceptors (Lipinski definition) is 5. The molecule has 1 unspecified atom stereocenters. The van der Waals surface area contributed by atoms with Crippen molar-refractivity contribution in [1.29, 1.82) is 0 Å². The van der Waals surface area contributed by atoms with Gasteiger partial charge in [0.25, 0.3) is 0 Å². The quantitative estimate of drug-likeness (QED) is 0.773. The van der Waals surface area contributed by atoms with E-state index in [0.717, 1.165) is 42.2 Å². The van der Waals surface area contributed by atoms with Gasteiger partial charge in [-0.05, 0) is 37.1 Å². The predicted octanol–water partition coefficient (Wildman–Crippen LogP) is 3.47. The molecule has 0 saturated heterocycles. The summed E-state index contributed by atoms with van der Waals surface area (Å²) in [5, 5.41) is 3.18. The molecule has 1 atom stereocenters. The number of nitrogens with zero attached hydrogens (tertiary/aromatic N) is 4. The van der Waals surface area contributed by atoms with Crippen LogP contribution >= 0.6 is 0 Å². The zero-order valence-electron chi connectivity index (χ0n) is 14.4. The summed E-state index contributed by atoms with van der Waals surface area (Å²) in [6.45, 7) is 5.07. The van der Waals surface area contributed by atoms with Gasteiger partial charge in [0.15, 0.2) is 0 Å². The lowest BCUT2D eigenvalue weighted by atomic mass is 10.1. The van der Waals surface area contributed by atoms with Crippen molar-refractivity contribution in [2.45, 2.75) is 32.8 Å². The van der Waals surface area contributed by atoms with E-state index in [1.165, 1.54) is 5.56 Å². The number of benzene rings is 1. The fraction of sp³-hybridized carbons (Fsp3) is 0.316. The van der Waals surface area contributed by atoms with Gasteiger partial charge < -0.3 is 10.1 Å². The van der Waals surface area contributed by atoms with Gasteiger partial charge in [0, 0.05) is 43.4 Å². The zero-order chi connectivity index (χ0) is 17.2. The van der Waals surface area contributed by atoms with Crippen LogP contribution in [0.4, 0.5) is 5.95 Å². The van der Waals surface area contributed by atoms with Crippen molar-refractivity contribution in [1.82, 2.24) is 19.5 Å². The van der Waals surface area contributed by atoms with E-state index in [0.29, 0.717) is 5.95 Å². The van der Waals surface area contributed by atoms with Gasteiger partial charge in [0.05, 0.1) is 5.56 Å². The Hall–Kier alpha value is -2.89. The van der Waals surface area contributed by atoms with Crippen LogP contribution in [0.2, 0.25) is 0 Å². The van der Waals surface area contributed by atoms with Crippen molar-refractivity contribution in [3.05, 3.63) is 48.5 Å². The molecule has 4 rings (SSSR count). The Morgan fingerprint density at radius 1 is 1.24 bits per heavy atom. The van der Waals surface area contributed by atoms with Gasteiger partial charge in [0.2, 0.25) is 5.95 Å². The molecule has 2 aromatic heterocycles. The van der Waals surface area contributed by atoms with E-state index in [1.807, 2.05) is 24.7 Å². The molecule has 1 aliphatic rings. The van der Waals surface area contributed by atoms with Crippen LogP contribution in [0.5, 0.6) is 5.75 Å². The Morgan fingerprint density at radius 2 is 2.08 bits per heavy atom. The molecular weight excluding hydrogens is 314 g/mol. The van der Waals surface area contributed by atoms with Gasteiger partial charge in [-0.1, -0.05) is 6.92 Å². The number of imidazole rings is 1. The summed E-state index contributed by atoms with van der Waals surface area (Å²) in [5.41, 5.74) is 3.19. The van der Waals surface area contributed by atoms with Crippen molar-refractivity contribution in [2.24, 2.45) is 0 Å². The van der Waals surface area contributed by atoms with Crippen LogP contribution in [0, 0.1) is 0 Å². The molecule has 6 nitrogen and oxygen atoms in total. The number of fused-ring (bicyclic) bond motifs is 1. The third-order valence-corrected chi connectivity index (χ3v) is 4.24. The standard InChI is InChI=1S/C19H21N5O/c1-3-6-21-19-22-11-15(12-23-19)18-20-7-8-24(18)16-4-5-17-14(10-16)9-13(2)25-17/h4-5,7-8,10-13H,3,6,9H2,1-2H3,(H,21,22,23). The van der Waals surface area contributed by atoms with Crippen LogP contribution in [0.3, 0.4) is 0 Å². The largest absolute Gasteiger partial charge is 0.490 e. The van der Waals surface area contributed by atoms with Gasteiger partial charge >= 0.3 is 0 Å². The first kappa shape index (κ1) is 15.6. The van der Waals surface area contributed by atoms with E-state index in [-0.39, 0.29) is 6.10 Å². The molecule has 3 aromatic rings. The topological polar surface area (TPSA) is 64.9 Å². The van der Waals surface area contributed by atoms with Crippen molar-refractivity contribution in [3.63, 3.8) is 0 Å². The second kappa shape index (κ2) is 6.55.